The predicted molar refractivity (Wildman–Crippen MR) is 76.1 cm³/mol. The summed E-state index contributed by atoms with van der Waals surface area (Å²) in [6.45, 7) is 5.88. The average molecular weight is 284 g/mol. The van der Waals surface area contributed by atoms with Crippen molar-refractivity contribution < 1.29 is 14.1 Å². The van der Waals surface area contributed by atoms with Crippen LogP contribution < -0.4 is 5.32 Å². The van der Waals surface area contributed by atoms with E-state index >= 15 is 0 Å². The Morgan fingerprint density at radius 1 is 1.53 bits per heavy atom. The number of nitrogens with zero attached hydrogens (tertiary/aromatic N) is 1. The van der Waals surface area contributed by atoms with E-state index in [1.165, 1.54) is 12.3 Å². The second-order valence-electron chi connectivity index (χ2n) is 4.35. The van der Waals surface area contributed by atoms with Gasteiger partial charge in [-0.15, -0.1) is 0 Å². The van der Waals surface area contributed by atoms with E-state index in [4.69, 9.17) is 0 Å². The van der Waals surface area contributed by atoms with Crippen LogP contribution in [0.1, 0.15) is 44.0 Å². The summed E-state index contributed by atoms with van der Waals surface area (Å²) >= 11 is 0. The van der Waals surface area contributed by atoms with Crippen LogP contribution in [0.15, 0.2) is 17.3 Å². The van der Waals surface area contributed by atoms with E-state index in [1.807, 2.05) is 20.8 Å². The number of aromatic nitrogens is 1. The van der Waals surface area contributed by atoms with Gasteiger partial charge in [-0.25, -0.2) is 9.78 Å². The Balaban J connectivity index is 3.25. The number of carbonyl (C=O) groups is 1. The molecule has 1 aromatic heterocycles. The van der Waals surface area contributed by atoms with E-state index in [0.717, 1.165) is 12.8 Å². The van der Waals surface area contributed by atoms with Gasteiger partial charge in [-0.3, -0.25) is 4.21 Å². The van der Waals surface area contributed by atoms with Crippen LogP contribution in [0.2, 0.25) is 0 Å². The standard InChI is InChI=1S/C13H20N2O3S/c1-4-8-19(18)12-11(15-9(3)5-2)10(13(16)17)6-7-14-12/h6-7,9,15H,4-5,8H2,1-3H3,(H,16,17). The fraction of sp³-hybridized carbons (Fsp3) is 0.538. The lowest BCUT2D eigenvalue weighted by Gasteiger charge is -2.17. The van der Waals surface area contributed by atoms with Gasteiger partial charge in [0.05, 0.1) is 22.1 Å². The molecule has 0 fully saturated rings. The fourth-order valence-electron chi connectivity index (χ4n) is 1.56. The zero-order valence-corrected chi connectivity index (χ0v) is 12.3. The van der Waals surface area contributed by atoms with Gasteiger partial charge in [0.15, 0.2) is 5.03 Å². The zero-order valence-electron chi connectivity index (χ0n) is 11.5. The van der Waals surface area contributed by atoms with E-state index in [9.17, 15) is 14.1 Å². The molecule has 0 radical (unpaired) electrons. The highest BCUT2D eigenvalue weighted by Crippen LogP contribution is 2.24. The largest absolute Gasteiger partial charge is 0.478 e. The molecule has 0 spiro atoms. The van der Waals surface area contributed by atoms with Crippen LogP contribution in [-0.4, -0.2) is 32.1 Å². The van der Waals surface area contributed by atoms with Gasteiger partial charge in [-0.1, -0.05) is 13.8 Å². The van der Waals surface area contributed by atoms with Gasteiger partial charge >= 0.3 is 5.97 Å². The highest BCUT2D eigenvalue weighted by molar-refractivity contribution is 7.85. The van der Waals surface area contributed by atoms with Gasteiger partial charge in [-0.2, -0.15) is 0 Å². The number of hydrogen-bond acceptors (Lipinski definition) is 4. The lowest BCUT2D eigenvalue weighted by molar-refractivity contribution is 0.0697. The molecule has 1 heterocycles. The summed E-state index contributed by atoms with van der Waals surface area (Å²) in [5.74, 6) is -0.561. The number of carboxylic acid groups (broad SMARTS) is 1. The van der Waals surface area contributed by atoms with Gasteiger partial charge < -0.3 is 10.4 Å². The van der Waals surface area contributed by atoms with E-state index in [0.29, 0.717) is 16.5 Å². The summed E-state index contributed by atoms with van der Waals surface area (Å²) in [4.78, 5) is 15.4. The molecule has 1 aromatic rings. The first-order valence-electron chi connectivity index (χ1n) is 6.38. The number of nitrogens with one attached hydrogen (secondary N) is 1. The summed E-state index contributed by atoms with van der Waals surface area (Å²) in [5.41, 5.74) is 0.505. The molecular formula is C13H20N2O3S. The van der Waals surface area contributed by atoms with Crippen LogP contribution in [0.5, 0.6) is 0 Å². The summed E-state index contributed by atoms with van der Waals surface area (Å²) in [6, 6.07) is 1.53. The second kappa shape index (κ2) is 7.23. The predicted octanol–water partition coefficient (Wildman–Crippen LogP) is 2.51. The van der Waals surface area contributed by atoms with Crippen LogP contribution in [0, 0.1) is 0 Å². The van der Waals surface area contributed by atoms with Crippen molar-refractivity contribution in [2.75, 3.05) is 11.1 Å². The van der Waals surface area contributed by atoms with Crippen LogP contribution in [0.4, 0.5) is 5.69 Å². The minimum atomic E-state index is -1.28. The third-order valence-corrected chi connectivity index (χ3v) is 4.27. The molecule has 6 heteroatoms. The molecule has 0 saturated carbocycles. The maximum Gasteiger partial charge on any atom is 0.337 e. The maximum atomic E-state index is 12.1. The molecule has 5 nitrogen and oxygen atoms in total. The highest BCUT2D eigenvalue weighted by Gasteiger charge is 2.19. The normalized spacial score (nSPS) is 13.8. The number of rotatable bonds is 7. The van der Waals surface area contributed by atoms with E-state index in [2.05, 4.69) is 10.3 Å². The Morgan fingerprint density at radius 2 is 2.21 bits per heavy atom. The minimum absolute atomic E-state index is 0.0969. The third kappa shape index (κ3) is 4.02. The van der Waals surface area contributed by atoms with Crippen molar-refractivity contribution in [1.82, 2.24) is 4.98 Å². The van der Waals surface area contributed by atoms with Crippen LogP contribution in [0.3, 0.4) is 0 Å². The Hall–Kier alpha value is -1.43. The second-order valence-corrected chi connectivity index (χ2v) is 5.83. The van der Waals surface area contributed by atoms with Crippen LogP contribution in [0.25, 0.3) is 0 Å². The first-order chi connectivity index (χ1) is 9.01. The van der Waals surface area contributed by atoms with E-state index in [1.54, 1.807) is 0 Å². The van der Waals surface area contributed by atoms with E-state index in [-0.39, 0.29) is 11.6 Å². The third-order valence-electron chi connectivity index (χ3n) is 2.75. The van der Waals surface area contributed by atoms with Crippen molar-refractivity contribution in [2.45, 2.75) is 44.7 Å². The summed E-state index contributed by atoms with van der Waals surface area (Å²) in [6.07, 6.45) is 3.00. The zero-order chi connectivity index (χ0) is 14.4. The summed E-state index contributed by atoms with van der Waals surface area (Å²) < 4.78 is 12.1. The molecular weight excluding hydrogens is 264 g/mol. The Labute approximate surface area is 115 Å². The Bertz CT molecular complexity index is 477. The van der Waals surface area contributed by atoms with Crippen molar-refractivity contribution in [3.8, 4) is 0 Å². The summed E-state index contributed by atoms with van der Waals surface area (Å²) in [5, 5.41) is 12.7. The maximum absolute atomic E-state index is 12.1. The minimum Gasteiger partial charge on any atom is -0.478 e. The van der Waals surface area contributed by atoms with Gasteiger partial charge in [-0.05, 0) is 25.8 Å². The van der Waals surface area contributed by atoms with Crippen LogP contribution in [-0.2, 0) is 10.8 Å². The Kier molecular flexibility index (Phi) is 5.95. The number of aromatic carboxylic acids is 1. The number of hydrogen-bond donors (Lipinski definition) is 2. The average Bonchev–Trinajstić information content (AvgIpc) is 2.38. The summed E-state index contributed by atoms with van der Waals surface area (Å²) in [7, 11) is -1.28. The van der Waals surface area contributed by atoms with Crippen molar-refractivity contribution >= 4 is 22.5 Å². The SMILES string of the molecule is CCCS(=O)c1nccc(C(=O)O)c1NC(C)CC. The Morgan fingerprint density at radius 3 is 2.74 bits per heavy atom. The van der Waals surface area contributed by atoms with Gasteiger partial charge in [0, 0.05) is 18.0 Å². The molecule has 2 N–H and O–H groups in total. The first kappa shape index (κ1) is 15.6. The number of carboxylic acids is 1. The topological polar surface area (TPSA) is 79.3 Å². The highest BCUT2D eigenvalue weighted by atomic mass is 32.2. The smallest absolute Gasteiger partial charge is 0.337 e. The molecule has 0 bridgehead atoms. The molecule has 19 heavy (non-hydrogen) atoms. The molecule has 0 aromatic carbocycles. The first-order valence-corrected chi connectivity index (χ1v) is 7.70. The lowest BCUT2D eigenvalue weighted by Crippen LogP contribution is -2.19. The van der Waals surface area contributed by atoms with Crippen molar-refractivity contribution in [2.24, 2.45) is 0 Å². The molecule has 0 aliphatic rings. The molecule has 0 saturated heterocycles. The van der Waals surface area contributed by atoms with Gasteiger partial charge in [0.1, 0.15) is 0 Å². The molecule has 0 aliphatic heterocycles. The molecule has 1 rings (SSSR count). The van der Waals surface area contributed by atoms with Crippen molar-refractivity contribution in [3.05, 3.63) is 17.8 Å². The fourth-order valence-corrected chi connectivity index (χ4v) is 2.70. The lowest BCUT2D eigenvalue weighted by atomic mass is 10.2. The van der Waals surface area contributed by atoms with Crippen molar-refractivity contribution in [1.29, 1.82) is 0 Å². The van der Waals surface area contributed by atoms with Gasteiger partial charge in [0.25, 0.3) is 0 Å². The number of pyridine rings is 1. The number of anilines is 1. The van der Waals surface area contributed by atoms with E-state index < -0.39 is 16.8 Å². The van der Waals surface area contributed by atoms with Gasteiger partial charge in [0.2, 0.25) is 0 Å². The monoisotopic (exact) mass is 284 g/mol. The molecule has 0 aliphatic carbocycles. The molecule has 2 unspecified atom stereocenters. The molecule has 106 valence electrons. The molecule has 0 amide bonds. The quantitative estimate of drug-likeness (QED) is 0.804. The van der Waals surface area contributed by atoms with Crippen molar-refractivity contribution in [3.63, 3.8) is 0 Å². The van der Waals surface area contributed by atoms with Crippen LogP contribution >= 0.6 is 0 Å². The molecule has 2 atom stereocenters.